The normalized spacial score (nSPS) is 17.5. The molecule has 0 radical (unpaired) electrons. The fourth-order valence-corrected chi connectivity index (χ4v) is 1.60. The lowest BCUT2D eigenvalue weighted by Crippen LogP contribution is -2.24. The highest BCUT2D eigenvalue weighted by molar-refractivity contribution is 9.10. The first-order valence-electron chi connectivity index (χ1n) is 4.11. The minimum absolute atomic E-state index is 0.636. The molecule has 12 heavy (non-hydrogen) atoms. The predicted molar refractivity (Wildman–Crippen MR) is 52.4 cm³/mol. The molecule has 0 aliphatic carbocycles. The smallest absolute Gasteiger partial charge is 0.0557 e. The molecule has 2 rings (SSSR count). The average Bonchev–Trinajstić information content (AvgIpc) is 1.93. The van der Waals surface area contributed by atoms with Gasteiger partial charge >= 0.3 is 0 Å². The third kappa shape index (κ3) is 1.41. The molecule has 1 fully saturated rings. The molecule has 2 heteroatoms. The van der Waals surface area contributed by atoms with Crippen LogP contribution >= 0.6 is 15.9 Å². The van der Waals surface area contributed by atoms with Crippen LogP contribution in [0, 0.1) is 6.92 Å². The minimum atomic E-state index is 0.636. The summed E-state index contributed by atoms with van der Waals surface area (Å²) in [5, 5.41) is 0. The Bertz CT molecular complexity index is 292. The van der Waals surface area contributed by atoms with Gasteiger partial charge in [-0.15, -0.1) is 0 Å². The largest absolute Gasteiger partial charge is 0.380 e. The van der Waals surface area contributed by atoms with Crippen molar-refractivity contribution in [3.05, 3.63) is 33.8 Å². The summed E-state index contributed by atoms with van der Waals surface area (Å²) >= 11 is 3.49. The van der Waals surface area contributed by atoms with Crippen molar-refractivity contribution >= 4 is 15.9 Å². The Labute approximate surface area is 80.9 Å². The van der Waals surface area contributed by atoms with Gasteiger partial charge in [-0.05, 0) is 24.1 Å². The van der Waals surface area contributed by atoms with Gasteiger partial charge in [0.1, 0.15) is 0 Å². The zero-order chi connectivity index (χ0) is 8.55. The Kier molecular flexibility index (Phi) is 2.20. The first-order chi connectivity index (χ1) is 5.77. The summed E-state index contributed by atoms with van der Waals surface area (Å²) in [7, 11) is 0. The molecular formula is C10H11BrO. The summed E-state index contributed by atoms with van der Waals surface area (Å²) < 4.78 is 6.33. The van der Waals surface area contributed by atoms with Crippen LogP contribution in [0.5, 0.6) is 0 Å². The van der Waals surface area contributed by atoms with Gasteiger partial charge in [-0.3, -0.25) is 0 Å². The van der Waals surface area contributed by atoms with E-state index in [-0.39, 0.29) is 0 Å². The van der Waals surface area contributed by atoms with Gasteiger partial charge in [-0.25, -0.2) is 0 Å². The molecule has 1 aromatic rings. The van der Waals surface area contributed by atoms with Crippen LogP contribution < -0.4 is 0 Å². The standard InChI is InChI=1S/C10H11BrO/c1-7-4-8(2-3-10(7)11)9-5-12-6-9/h2-4,9H,5-6H2,1H3. The van der Waals surface area contributed by atoms with Crippen molar-refractivity contribution in [1.82, 2.24) is 0 Å². The lowest BCUT2D eigenvalue weighted by atomic mass is 9.96. The fraction of sp³-hybridized carbons (Fsp3) is 0.400. The number of halogens is 1. The summed E-state index contributed by atoms with van der Waals surface area (Å²) in [5.41, 5.74) is 2.71. The van der Waals surface area contributed by atoms with E-state index in [4.69, 9.17) is 4.74 Å². The molecule has 1 nitrogen and oxygen atoms in total. The topological polar surface area (TPSA) is 9.23 Å². The summed E-state index contributed by atoms with van der Waals surface area (Å²) in [5.74, 6) is 0.636. The lowest BCUT2D eigenvalue weighted by molar-refractivity contribution is 0.00840. The Morgan fingerprint density at radius 2 is 2.17 bits per heavy atom. The Hall–Kier alpha value is -0.340. The predicted octanol–water partition coefficient (Wildman–Crippen LogP) is 2.87. The molecular weight excluding hydrogens is 216 g/mol. The molecule has 0 aromatic heterocycles. The van der Waals surface area contributed by atoms with Crippen LogP contribution in [0.4, 0.5) is 0 Å². The molecule has 1 heterocycles. The highest BCUT2D eigenvalue weighted by Crippen LogP contribution is 2.27. The minimum Gasteiger partial charge on any atom is -0.380 e. The fourth-order valence-electron chi connectivity index (χ4n) is 1.35. The molecule has 0 bridgehead atoms. The quantitative estimate of drug-likeness (QED) is 0.716. The first-order valence-corrected chi connectivity index (χ1v) is 4.90. The van der Waals surface area contributed by atoms with E-state index in [1.165, 1.54) is 15.6 Å². The third-order valence-corrected chi connectivity index (χ3v) is 3.18. The van der Waals surface area contributed by atoms with E-state index >= 15 is 0 Å². The highest BCUT2D eigenvalue weighted by atomic mass is 79.9. The third-order valence-electron chi connectivity index (χ3n) is 2.29. The molecule has 1 saturated heterocycles. The number of benzene rings is 1. The number of hydrogen-bond donors (Lipinski definition) is 0. The van der Waals surface area contributed by atoms with Crippen LogP contribution in [-0.2, 0) is 4.74 Å². The van der Waals surface area contributed by atoms with Gasteiger partial charge in [0.15, 0.2) is 0 Å². The van der Waals surface area contributed by atoms with Crippen LogP contribution in [0.1, 0.15) is 17.0 Å². The molecule has 0 saturated carbocycles. The van der Waals surface area contributed by atoms with E-state index in [1.54, 1.807) is 0 Å². The van der Waals surface area contributed by atoms with Crippen molar-refractivity contribution in [2.24, 2.45) is 0 Å². The van der Waals surface area contributed by atoms with Crippen molar-refractivity contribution in [1.29, 1.82) is 0 Å². The van der Waals surface area contributed by atoms with Crippen LogP contribution in [0.15, 0.2) is 22.7 Å². The molecule has 0 unspecified atom stereocenters. The lowest BCUT2D eigenvalue weighted by Gasteiger charge is -2.26. The molecule has 64 valence electrons. The molecule has 1 aliphatic heterocycles. The number of hydrogen-bond acceptors (Lipinski definition) is 1. The summed E-state index contributed by atoms with van der Waals surface area (Å²) in [6.07, 6.45) is 0. The van der Waals surface area contributed by atoms with Crippen LogP contribution in [-0.4, -0.2) is 13.2 Å². The Balaban J connectivity index is 2.27. The second-order valence-electron chi connectivity index (χ2n) is 3.24. The average molecular weight is 227 g/mol. The second kappa shape index (κ2) is 3.19. The zero-order valence-corrected chi connectivity index (χ0v) is 8.60. The number of aryl methyl sites for hydroxylation is 1. The van der Waals surface area contributed by atoms with E-state index in [1.807, 2.05) is 0 Å². The number of ether oxygens (including phenoxy) is 1. The maximum atomic E-state index is 5.15. The van der Waals surface area contributed by atoms with Gasteiger partial charge in [0.25, 0.3) is 0 Å². The van der Waals surface area contributed by atoms with E-state index in [0.717, 1.165) is 13.2 Å². The highest BCUT2D eigenvalue weighted by Gasteiger charge is 2.20. The maximum Gasteiger partial charge on any atom is 0.0557 e. The summed E-state index contributed by atoms with van der Waals surface area (Å²) in [6, 6.07) is 6.52. The zero-order valence-electron chi connectivity index (χ0n) is 7.01. The Morgan fingerprint density at radius 1 is 1.42 bits per heavy atom. The summed E-state index contributed by atoms with van der Waals surface area (Å²) in [4.78, 5) is 0. The molecule has 0 atom stereocenters. The van der Waals surface area contributed by atoms with Gasteiger partial charge in [-0.1, -0.05) is 28.1 Å². The van der Waals surface area contributed by atoms with E-state index in [2.05, 4.69) is 41.1 Å². The Morgan fingerprint density at radius 3 is 2.67 bits per heavy atom. The molecule has 1 aliphatic rings. The maximum absolute atomic E-state index is 5.15. The SMILES string of the molecule is Cc1cc(C2COC2)ccc1Br. The molecule has 0 amide bonds. The van der Waals surface area contributed by atoms with Crippen molar-refractivity contribution in [2.45, 2.75) is 12.8 Å². The first kappa shape index (κ1) is 8.27. The van der Waals surface area contributed by atoms with Crippen molar-refractivity contribution in [3.63, 3.8) is 0 Å². The number of rotatable bonds is 1. The van der Waals surface area contributed by atoms with Crippen LogP contribution in [0.3, 0.4) is 0 Å². The van der Waals surface area contributed by atoms with Crippen LogP contribution in [0.2, 0.25) is 0 Å². The van der Waals surface area contributed by atoms with Crippen molar-refractivity contribution < 1.29 is 4.74 Å². The van der Waals surface area contributed by atoms with Crippen LogP contribution in [0.25, 0.3) is 0 Å². The van der Waals surface area contributed by atoms with Crippen molar-refractivity contribution in [2.75, 3.05) is 13.2 Å². The van der Waals surface area contributed by atoms with Gasteiger partial charge in [0, 0.05) is 10.4 Å². The van der Waals surface area contributed by atoms with Gasteiger partial charge in [0.05, 0.1) is 13.2 Å². The molecule has 0 N–H and O–H groups in total. The van der Waals surface area contributed by atoms with E-state index in [9.17, 15) is 0 Å². The van der Waals surface area contributed by atoms with Gasteiger partial charge in [0.2, 0.25) is 0 Å². The van der Waals surface area contributed by atoms with Gasteiger partial charge in [-0.2, -0.15) is 0 Å². The summed E-state index contributed by atoms with van der Waals surface area (Å²) in [6.45, 7) is 3.90. The monoisotopic (exact) mass is 226 g/mol. The second-order valence-corrected chi connectivity index (χ2v) is 4.10. The van der Waals surface area contributed by atoms with Gasteiger partial charge < -0.3 is 4.74 Å². The molecule has 0 spiro atoms. The van der Waals surface area contributed by atoms with E-state index < -0.39 is 0 Å². The molecule has 1 aromatic carbocycles. The van der Waals surface area contributed by atoms with Crippen molar-refractivity contribution in [3.8, 4) is 0 Å². The van der Waals surface area contributed by atoms with E-state index in [0.29, 0.717) is 5.92 Å².